The number of anilines is 5. The van der Waals surface area contributed by atoms with Crippen molar-refractivity contribution >= 4 is 40.1 Å². The summed E-state index contributed by atoms with van der Waals surface area (Å²) in [4.78, 5) is 5.10. The fraction of sp³-hybridized carbons (Fsp3) is 0.169. The molecule has 4 unspecified atom stereocenters. The smallest absolute Gasteiger partial charge is 0.0532 e. The molecule has 0 N–H and O–H groups in total. The highest BCUT2D eigenvalue weighted by molar-refractivity contribution is 5.92. The van der Waals surface area contributed by atoms with Gasteiger partial charge in [-0.05, 0) is 157 Å². The lowest BCUT2D eigenvalue weighted by Crippen LogP contribution is -2.39. The van der Waals surface area contributed by atoms with Gasteiger partial charge in [0.25, 0.3) is 0 Å². The maximum absolute atomic E-state index is 2.57. The third kappa shape index (κ3) is 7.09. The van der Waals surface area contributed by atoms with Gasteiger partial charge in [-0.1, -0.05) is 239 Å². The Labute approximate surface area is 466 Å². The van der Waals surface area contributed by atoms with E-state index in [1.54, 1.807) is 0 Å². The van der Waals surface area contributed by atoms with Gasteiger partial charge in [0.1, 0.15) is 0 Å². The lowest BCUT2D eigenvalue weighted by Gasteiger charge is -2.44. The van der Waals surface area contributed by atoms with E-state index in [9.17, 15) is 0 Å². The Morgan fingerprint density at radius 3 is 1.70 bits per heavy atom. The van der Waals surface area contributed by atoms with Crippen LogP contribution in [-0.4, -0.2) is 6.54 Å². The summed E-state index contributed by atoms with van der Waals surface area (Å²) in [6, 6.07) is 83.4. The highest BCUT2D eigenvalue weighted by Crippen LogP contribution is 2.63. The lowest BCUT2D eigenvalue weighted by atomic mass is 9.59. The molecular formula is C77H64N2. The Balaban J connectivity index is 0.858. The molecule has 0 radical (unpaired) electrons. The van der Waals surface area contributed by atoms with E-state index in [-0.39, 0.29) is 23.2 Å². The van der Waals surface area contributed by atoms with Crippen LogP contribution in [0, 0.1) is 17.8 Å². The molecule has 6 aliphatic rings. The number of hydrogen-bond acceptors (Lipinski definition) is 2. The minimum atomic E-state index is -0.474. The van der Waals surface area contributed by atoms with Crippen molar-refractivity contribution in [3.63, 3.8) is 0 Å². The van der Waals surface area contributed by atoms with Gasteiger partial charge in [-0.3, -0.25) is 0 Å². The van der Waals surface area contributed by atoms with E-state index < -0.39 is 10.8 Å². The molecule has 2 heteroatoms. The van der Waals surface area contributed by atoms with Crippen molar-refractivity contribution in [2.24, 2.45) is 17.8 Å². The van der Waals surface area contributed by atoms with Crippen LogP contribution in [-0.2, 0) is 22.7 Å². The minimum Gasteiger partial charge on any atom is -0.341 e. The SMILES string of the molecule is CC1C=CC=CC1C1(c2ccccc2)c2cc(/C=C/C3=CC=C4c5ccc(N6CCCc7ccccc76)cc5C(c5ccccc5)(c5ccccc5)C4C3)ccc2-c2ccc(N3c4ccccc4C(C)(C)c4ccccc43)cc21. The Hall–Kier alpha value is -8.72. The number of aryl methyl sites for hydroxylation is 1. The topological polar surface area (TPSA) is 6.48 Å². The first kappa shape index (κ1) is 47.5. The lowest BCUT2D eigenvalue weighted by molar-refractivity contribution is 0.374. The van der Waals surface area contributed by atoms with Crippen molar-refractivity contribution in [1.29, 1.82) is 0 Å². The van der Waals surface area contributed by atoms with Crippen LogP contribution in [0.5, 0.6) is 0 Å². The molecule has 4 aliphatic carbocycles. The summed E-state index contributed by atoms with van der Waals surface area (Å²) in [6.45, 7) is 8.17. The molecule has 2 nitrogen and oxygen atoms in total. The summed E-state index contributed by atoms with van der Waals surface area (Å²) >= 11 is 0. The maximum atomic E-state index is 2.57. The van der Waals surface area contributed by atoms with Crippen molar-refractivity contribution < 1.29 is 0 Å². The van der Waals surface area contributed by atoms with Crippen LogP contribution < -0.4 is 9.80 Å². The number of nitrogens with zero attached hydrogens (tertiary/aromatic N) is 2. The molecule has 0 aromatic heterocycles. The van der Waals surface area contributed by atoms with Crippen LogP contribution in [0.4, 0.5) is 28.4 Å². The molecule has 9 aromatic carbocycles. The summed E-state index contributed by atoms with van der Waals surface area (Å²) in [5.41, 5.74) is 25.5. The first-order valence-electron chi connectivity index (χ1n) is 28.7. The molecule has 0 saturated heterocycles. The van der Waals surface area contributed by atoms with Crippen LogP contribution in [0.1, 0.15) is 94.8 Å². The molecular weight excluding hydrogens is 953 g/mol. The highest BCUT2D eigenvalue weighted by atomic mass is 15.2. The predicted octanol–water partition coefficient (Wildman–Crippen LogP) is 19.0. The zero-order chi connectivity index (χ0) is 52.9. The van der Waals surface area contributed by atoms with Gasteiger partial charge < -0.3 is 9.80 Å². The van der Waals surface area contributed by atoms with Crippen LogP contribution in [0.2, 0.25) is 0 Å². The normalized spacial score (nSPS) is 21.5. The number of para-hydroxylation sites is 3. The third-order valence-electron chi connectivity index (χ3n) is 19.1. The number of allylic oxidation sites excluding steroid dienone is 9. The second-order valence-corrected chi connectivity index (χ2v) is 23.5. The molecule has 4 atom stereocenters. The molecule has 79 heavy (non-hydrogen) atoms. The maximum Gasteiger partial charge on any atom is 0.0532 e. The van der Waals surface area contributed by atoms with Crippen molar-refractivity contribution in [3.05, 3.63) is 328 Å². The molecule has 382 valence electrons. The second-order valence-electron chi connectivity index (χ2n) is 23.5. The Morgan fingerprint density at radius 1 is 0.468 bits per heavy atom. The molecule has 0 amide bonds. The van der Waals surface area contributed by atoms with Crippen molar-refractivity contribution in [3.8, 4) is 11.1 Å². The van der Waals surface area contributed by atoms with E-state index >= 15 is 0 Å². The van der Waals surface area contributed by atoms with E-state index in [0.717, 1.165) is 25.8 Å². The van der Waals surface area contributed by atoms with Gasteiger partial charge in [0, 0.05) is 40.9 Å². The van der Waals surface area contributed by atoms with Crippen LogP contribution in [0.25, 0.3) is 22.8 Å². The van der Waals surface area contributed by atoms with Gasteiger partial charge in [0.05, 0.1) is 22.2 Å². The molecule has 9 aromatic rings. The van der Waals surface area contributed by atoms with Crippen molar-refractivity contribution in [2.45, 2.75) is 56.3 Å². The second kappa shape index (κ2) is 18.5. The van der Waals surface area contributed by atoms with Gasteiger partial charge in [-0.25, -0.2) is 0 Å². The number of fused-ring (bicyclic) bond motifs is 9. The third-order valence-corrected chi connectivity index (χ3v) is 19.1. The van der Waals surface area contributed by atoms with Gasteiger partial charge in [-0.15, -0.1) is 0 Å². The van der Waals surface area contributed by atoms with E-state index in [1.165, 1.54) is 112 Å². The average Bonchev–Trinajstić information content (AvgIpc) is 2.91. The number of hydrogen-bond donors (Lipinski definition) is 0. The van der Waals surface area contributed by atoms with Gasteiger partial charge in [0.15, 0.2) is 0 Å². The van der Waals surface area contributed by atoms with Crippen LogP contribution in [0.3, 0.4) is 0 Å². The minimum absolute atomic E-state index is 0.144. The van der Waals surface area contributed by atoms with Crippen LogP contribution >= 0.6 is 0 Å². The van der Waals surface area contributed by atoms with E-state index in [0.29, 0.717) is 0 Å². The molecule has 0 saturated carbocycles. The summed E-state index contributed by atoms with van der Waals surface area (Å²) in [5, 5.41) is 0. The summed E-state index contributed by atoms with van der Waals surface area (Å²) in [7, 11) is 0. The average molecular weight is 1020 g/mol. The zero-order valence-electron chi connectivity index (χ0n) is 45.4. The number of benzene rings is 9. The van der Waals surface area contributed by atoms with Crippen molar-refractivity contribution in [1.82, 2.24) is 0 Å². The first-order valence-corrected chi connectivity index (χ1v) is 28.7. The summed E-state index contributed by atoms with van der Waals surface area (Å²) in [5.74, 6) is 0.638. The molecule has 0 fully saturated rings. The molecule has 2 aliphatic heterocycles. The van der Waals surface area contributed by atoms with Gasteiger partial charge >= 0.3 is 0 Å². The number of rotatable bonds is 8. The molecule has 0 spiro atoms. The largest absolute Gasteiger partial charge is 0.341 e. The fourth-order valence-corrected chi connectivity index (χ4v) is 15.6. The zero-order valence-corrected chi connectivity index (χ0v) is 45.4. The molecule has 2 heterocycles. The highest BCUT2D eigenvalue weighted by Gasteiger charge is 2.54. The quantitative estimate of drug-likeness (QED) is 0.150. The summed E-state index contributed by atoms with van der Waals surface area (Å²) < 4.78 is 0. The molecule has 0 bridgehead atoms. The summed E-state index contributed by atoms with van der Waals surface area (Å²) in [6.07, 6.45) is 22.3. The molecule has 15 rings (SSSR count). The monoisotopic (exact) mass is 1020 g/mol. The van der Waals surface area contributed by atoms with Crippen molar-refractivity contribution in [2.75, 3.05) is 16.3 Å². The first-order chi connectivity index (χ1) is 38.8. The fourth-order valence-electron chi connectivity index (χ4n) is 15.6. The Morgan fingerprint density at radius 2 is 1.01 bits per heavy atom. The van der Waals surface area contributed by atoms with Gasteiger partial charge in [-0.2, -0.15) is 0 Å². The Bertz CT molecular complexity index is 3950. The van der Waals surface area contributed by atoms with E-state index in [2.05, 4.69) is 298 Å². The van der Waals surface area contributed by atoms with Crippen LogP contribution in [0.15, 0.2) is 266 Å². The predicted molar refractivity (Wildman–Crippen MR) is 330 cm³/mol. The van der Waals surface area contributed by atoms with E-state index in [4.69, 9.17) is 0 Å². The van der Waals surface area contributed by atoms with E-state index in [1.807, 2.05) is 0 Å². The van der Waals surface area contributed by atoms with Gasteiger partial charge in [0.2, 0.25) is 0 Å². The standard InChI is InChI=1S/C77H64N2/c1-52-22-13-15-31-65(52)77(58-29-11-6-12-30-58)69-49-54(40-44-62(69)64-46-42-60(51-71(64)77)79-73-35-19-16-32-66(73)75(2,3)67-33-17-20-36-74(67)79)38-37-53-39-43-61-63-45-41-59(78-47-21-24-55-23-14-18-34-72(55)78)50-70(63)76(68(61)48-53,56-25-7-4-8-26-56)57-27-9-5-10-28-57/h4-20,22-23,25-46,49-52,65,68H,21,24,47-48H2,1-3H3/b38-37+. The Kier molecular flexibility index (Phi) is 11.1.